The molecule has 0 aliphatic carbocycles. The second kappa shape index (κ2) is 57.2. The molecule has 386 valence electrons. The van der Waals surface area contributed by atoms with E-state index in [4.69, 9.17) is 0 Å². The van der Waals surface area contributed by atoms with Crippen LogP contribution in [0, 0.1) is 0 Å². The lowest BCUT2D eigenvalue weighted by molar-refractivity contribution is -0.123. The average molecular weight is 915 g/mol. The minimum Gasteiger partial charge on any atom is -0.394 e. The lowest BCUT2D eigenvalue weighted by Crippen LogP contribution is -2.45. The highest BCUT2D eigenvalue weighted by Crippen LogP contribution is 2.18. The van der Waals surface area contributed by atoms with Crippen LogP contribution in [0.2, 0.25) is 0 Å². The number of hydrogen-bond donors (Lipinski definition) is 3. The highest BCUT2D eigenvalue weighted by molar-refractivity contribution is 5.76. The summed E-state index contributed by atoms with van der Waals surface area (Å²) in [6, 6.07) is -0.637. The highest BCUT2D eigenvalue weighted by Gasteiger charge is 2.18. The number of aliphatic hydroxyl groups is 2. The molecule has 2 unspecified atom stereocenters. The van der Waals surface area contributed by atoms with Gasteiger partial charge in [0.25, 0.3) is 0 Å². The number of unbranched alkanes of at least 4 members (excludes halogenated alkanes) is 47. The number of amides is 1. The maximum absolute atomic E-state index is 12.5. The largest absolute Gasteiger partial charge is 0.394 e. The molecular weight excluding hydrogens is 795 g/mol. The van der Waals surface area contributed by atoms with Gasteiger partial charge in [0, 0.05) is 6.42 Å². The Labute approximate surface area is 409 Å². The molecule has 2 atom stereocenters. The van der Waals surface area contributed by atoms with Crippen molar-refractivity contribution in [1.29, 1.82) is 0 Å². The monoisotopic (exact) mass is 914 g/mol. The van der Waals surface area contributed by atoms with Crippen LogP contribution < -0.4 is 5.32 Å². The van der Waals surface area contributed by atoms with E-state index in [1.165, 1.54) is 289 Å². The number of carbonyl (C=O) groups is 1. The van der Waals surface area contributed by atoms with Gasteiger partial charge < -0.3 is 15.5 Å². The van der Waals surface area contributed by atoms with Crippen LogP contribution in [0.15, 0.2) is 24.3 Å². The lowest BCUT2D eigenvalue weighted by atomic mass is 10.0. The zero-order valence-electron chi connectivity index (χ0n) is 44.5. The Hall–Kier alpha value is -1.13. The number of nitrogens with one attached hydrogen (secondary N) is 1. The van der Waals surface area contributed by atoms with Crippen molar-refractivity contribution in [3.8, 4) is 0 Å². The SMILES string of the molecule is CCCCCCCCCCCCCCCCCCCCCCC/C=C/CC/C=C/C(O)C(CO)NC(=O)CCCCCCCCCCCCCCCCCCCCCCCCCCCC. The van der Waals surface area contributed by atoms with Crippen molar-refractivity contribution < 1.29 is 15.0 Å². The van der Waals surface area contributed by atoms with Gasteiger partial charge in [-0.25, -0.2) is 0 Å². The first-order valence-corrected chi connectivity index (χ1v) is 30.1. The molecule has 0 aromatic carbocycles. The molecule has 0 spiro atoms. The van der Waals surface area contributed by atoms with Crippen LogP contribution in [0.3, 0.4) is 0 Å². The Bertz CT molecular complexity index is 947. The number of aliphatic hydroxyl groups excluding tert-OH is 2. The number of allylic oxidation sites excluding steroid dienone is 3. The van der Waals surface area contributed by atoms with Crippen LogP contribution in [0.4, 0.5) is 0 Å². The first-order chi connectivity index (χ1) is 32.2. The average Bonchev–Trinajstić information content (AvgIpc) is 3.31. The first kappa shape index (κ1) is 63.9. The van der Waals surface area contributed by atoms with Gasteiger partial charge in [0.1, 0.15) is 0 Å². The van der Waals surface area contributed by atoms with Gasteiger partial charge in [-0.2, -0.15) is 0 Å². The van der Waals surface area contributed by atoms with Crippen molar-refractivity contribution in [2.24, 2.45) is 0 Å². The van der Waals surface area contributed by atoms with Gasteiger partial charge >= 0.3 is 0 Å². The molecule has 0 fully saturated rings. The molecule has 4 heteroatoms. The Morgan fingerprint density at radius 1 is 0.354 bits per heavy atom. The molecule has 0 saturated carbocycles. The van der Waals surface area contributed by atoms with E-state index in [9.17, 15) is 15.0 Å². The lowest BCUT2D eigenvalue weighted by Gasteiger charge is -2.19. The number of carbonyl (C=O) groups excluding carboxylic acids is 1. The fraction of sp³-hybridized carbons (Fsp3) is 0.918. The predicted molar refractivity (Wildman–Crippen MR) is 290 cm³/mol. The van der Waals surface area contributed by atoms with E-state index >= 15 is 0 Å². The van der Waals surface area contributed by atoms with E-state index < -0.39 is 12.1 Å². The number of hydrogen-bond acceptors (Lipinski definition) is 3. The minimum absolute atomic E-state index is 0.0657. The zero-order chi connectivity index (χ0) is 47.0. The molecule has 0 aromatic heterocycles. The Morgan fingerprint density at radius 3 is 0.892 bits per heavy atom. The number of rotatable bonds is 56. The van der Waals surface area contributed by atoms with Gasteiger partial charge in [-0.3, -0.25) is 4.79 Å². The molecule has 0 aromatic rings. The van der Waals surface area contributed by atoms with Gasteiger partial charge in [0.15, 0.2) is 0 Å². The molecule has 0 saturated heterocycles. The van der Waals surface area contributed by atoms with Gasteiger partial charge in [0.05, 0.1) is 18.8 Å². The third-order valence-corrected chi connectivity index (χ3v) is 14.2. The van der Waals surface area contributed by atoms with Crippen LogP contribution in [0.25, 0.3) is 0 Å². The summed E-state index contributed by atoms with van der Waals surface area (Å²) in [6.45, 7) is 4.34. The van der Waals surface area contributed by atoms with Gasteiger partial charge in [-0.1, -0.05) is 327 Å². The van der Waals surface area contributed by atoms with Crippen LogP contribution >= 0.6 is 0 Å². The maximum atomic E-state index is 12.5. The Kier molecular flexibility index (Phi) is 56.2. The molecule has 1 amide bonds. The van der Waals surface area contributed by atoms with Gasteiger partial charge in [0.2, 0.25) is 5.91 Å². The predicted octanol–water partition coefficient (Wildman–Crippen LogP) is 19.9. The molecule has 0 bridgehead atoms. The molecule has 0 aliphatic heterocycles. The fourth-order valence-electron chi connectivity index (χ4n) is 9.61. The molecule has 3 N–H and O–H groups in total. The van der Waals surface area contributed by atoms with Crippen molar-refractivity contribution in [2.75, 3.05) is 6.61 Å². The second-order valence-corrected chi connectivity index (χ2v) is 20.8. The normalized spacial score (nSPS) is 12.9. The molecule has 0 radical (unpaired) electrons. The van der Waals surface area contributed by atoms with Crippen LogP contribution in [0.1, 0.15) is 341 Å². The summed E-state index contributed by atoms with van der Waals surface area (Å²) in [5.74, 6) is -0.0657. The maximum Gasteiger partial charge on any atom is 0.220 e. The summed E-state index contributed by atoms with van der Waals surface area (Å²) in [5.41, 5.74) is 0. The summed E-state index contributed by atoms with van der Waals surface area (Å²) in [5, 5.41) is 23.2. The molecular formula is C61H119NO3. The smallest absolute Gasteiger partial charge is 0.220 e. The van der Waals surface area contributed by atoms with E-state index in [0.29, 0.717) is 6.42 Å². The fourth-order valence-corrected chi connectivity index (χ4v) is 9.61. The molecule has 65 heavy (non-hydrogen) atoms. The minimum atomic E-state index is -0.860. The third kappa shape index (κ3) is 53.7. The van der Waals surface area contributed by atoms with Crippen molar-refractivity contribution in [3.63, 3.8) is 0 Å². The molecule has 0 rings (SSSR count). The highest BCUT2D eigenvalue weighted by atomic mass is 16.3. The Morgan fingerprint density at radius 2 is 0.600 bits per heavy atom. The van der Waals surface area contributed by atoms with Crippen molar-refractivity contribution >= 4 is 5.91 Å². The van der Waals surface area contributed by atoms with E-state index in [1.807, 2.05) is 6.08 Å². The molecule has 0 aliphatic rings. The summed E-state index contributed by atoms with van der Waals surface area (Å²) < 4.78 is 0. The molecule has 4 nitrogen and oxygen atoms in total. The van der Waals surface area contributed by atoms with E-state index in [-0.39, 0.29) is 12.5 Å². The van der Waals surface area contributed by atoms with Gasteiger partial charge in [-0.15, -0.1) is 0 Å². The van der Waals surface area contributed by atoms with E-state index in [2.05, 4.69) is 31.3 Å². The standard InChI is InChI=1S/C61H119NO3/c1-3-5-7-9-11-13-15-17-19-21-23-25-27-29-31-32-34-36-38-40-42-44-46-48-50-52-54-56-60(64)59(58-63)62-61(65)57-55-53-51-49-47-45-43-41-39-37-35-33-30-28-26-24-22-20-18-16-14-12-10-8-6-4-2/h46,48,54,56,59-60,63-64H,3-45,47,49-53,55,57-58H2,1-2H3,(H,62,65)/b48-46+,56-54+. The zero-order valence-corrected chi connectivity index (χ0v) is 44.5. The third-order valence-electron chi connectivity index (χ3n) is 14.2. The summed E-state index contributed by atoms with van der Waals surface area (Å²) in [7, 11) is 0. The van der Waals surface area contributed by atoms with Crippen molar-refractivity contribution in [2.45, 2.75) is 353 Å². The van der Waals surface area contributed by atoms with E-state index in [0.717, 1.165) is 32.1 Å². The molecule has 0 heterocycles. The van der Waals surface area contributed by atoms with Crippen LogP contribution in [-0.2, 0) is 4.79 Å². The van der Waals surface area contributed by atoms with Crippen LogP contribution in [-0.4, -0.2) is 34.9 Å². The van der Waals surface area contributed by atoms with Crippen molar-refractivity contribution in [1.82, 2.24) is 5.32 Å². The summed E-state index contributed by atoms with van der Waals surface area (Å²) >= 11 is 0. The quantitative estimate of drug-likeness (QED) is 0.0421. The van der Waals surface area contributed by atoms with Crippen LogP contribution in [0.5, 0.6) is 0 Å². The van der Waals surface area contributed by atoms with Crippen molar-refractivity contribution in [3.05, 3.63) is 24.3 Å². The summed E-state index contributed by atoms with van der Waals surface area (Å²) in [4.78, 5) is 12.5. The van der Waals surface area contributed by atoms with Gasteiger partial charge in [-0.05, 0) is 32.1 Å². The second-order valence-electron chi connectivity index (χ2n) is 20.8. The Balaban J connectivity index is 3.47. The van der Waals surface area contributed by atoms with E-state index in [1.54, 1.807) is 6.08 Å². The summed E-state index contributed by atoms with van der Waals surface area (Å²) in [6.07, 6.45) is 76.5. The topological polar surface area (TPSA) is 69.6 Å². The first-order valence-electron chi connectivity index (χ1n) is 30.1.